The van der Waals surface area contributed by atoms with Crippen molar-refractivity contribution in [2.45, 2.75) is 10.4 Å². The van der Waals surface area contributed by atoms with Crippen LogP contribution in [0.2, 0.25) is 0 Å². The second-order valence-corrected chi connectivity index (χ2v) is 4.38. The first kappa shape index (κ1) is 11.0. The minimum Gasteiger partial charge on any atom is -0.329 e. The summed E-state index contributed by atoms with van der Waals surface area (Å²) in [4.78, 5) is 3.98. The number of hydrogen-bond acceptors (Lipinski definition) is 6. The predicted molar refractivity (Wildman–Crippen MR) is 60.7 cm³/mol. The molecule has 2 aromatic rings. The van der Waals surface area contributed by atoms with Gasteiger partial charge in [0.25, 0.3) is 0 Å². The van der Waals surface area contributed by atoms with Crippen LogP contribution in [0.3, 0.4) is 0 Å². The highest BCUT2D eigenvalue weighted by Crippen LogP contribution is 2.31. The first-order chi connectivity index (χ1) is 7.81. The number of rotatable bonds is 4. The van der Waals surface area contributed by atoms with Gasteiger partial charge in [0, 0.05) is 31.2 Å². The lowest BCUT2D eigenvalue weighted by atomic mass is 10.2. The highest BCUT2D eigenvalue weighted by molar-refractivity contribution is 7.99. The Balaban J connectivity index is 2.16. The van der Waals surface area contributed by atoms with E-state index in [0.29, 0.717) is 6.54 Å². The van der Waals surface area contributed by atoms with Crippen molar-refractivity contribution >= 4 is 11.8 Å². The molecule has 84 valence electrons. The molecule has 6 nitrogen and oxygen atoms in total. The third-order valence-corrected chi connectivity index (χ3v) is 3.43. The number of thioether (sulfide) groups is 1. The summed E-state index contributed by atoms with van der Waals surface area (Å²) in [6.07, 6.45) is 3.51. The van der Waals surface area contributed by atoms with Crippen molar-refractivity contribution in [3.05, 3.63) is 30.1 Å². The Morgan fingerprint density at radius 2 is 2.19 bits per heavy atom. The van der Waals surface area contributed by atoms with Crippen LogP contribution in [0, 0.1) is 0 Å². The average molecular weight is 236 g/mol. The molecule has 2 heterocycles. The van der Waals surface area contributed by atoms with E-state index in [1.165, 1.54) is 0 Å². The third-order valence-electron chi connectivity index (χ3n) is 2.12. The van der Waals surface area contributed by atoms with Gasteiger partial charge in [-0.05, 0) is 28.1 Å². The molecule has 0 aromatic carbocycles. The molecule has 1 unspecified atom stereocenters. The first-order valence-corrected chi connectivity index (χ1v) is 5.68. The Morgan fingerprint density at radius 3 is 2.75 bits per heavy atom. The second-order valence-electron chi connectivity index (χ2n) is 3.21. The fraction of sp³-hybridized carbons (Fsp3) is 0.333. The summed E-state index contributed by atoms with van der Waals surface area (Å²) in [6, 6.07) is 3.91. The number of pyridine rings is 1. The molecular weight excluding hydrogens is 224 g/mol. The van der Waals surface area contributed by atoms with Gasteiger partial charge in [-0.25, -0.2) is 4.68 Å². The smallest absolute Gasteiger partial charge is 0.209 e. The number of nitrogens with zero attached hydrogens (tertiary/aromatic N) is 5. The normalized spacial score (nSPS) is 12.6. The fourth-order valence-electron chi connectivity index (χ4n) is 1.28. The summed E-state index contributed by atoms with van der Waals surface area (Å²) in [7, 11) is 1.81. The van der Waals surface area contributed by atoms with Gasteiger partial charge in [-0.2, -0.15) is 0 Å². The van der Waals surface area contributed by atoms with Gasteiger partial charge in [0.05, 0.1) is 0 Å². The van der Waals surface area contributed by atoms with E-state index in [1.807, 2.05) is 19.2 Å². The molecule has 0 saturated carbocycles. The maximum absolute atomic E-state index is 5.75. The van der Waals surface area contributed by atoms with Gasteiger partial charge in [-0.1, -0.05) is 11.8 Å². The molecule has 0 bridgehead atoms. The molecule has 1 atom stereocenters. The van der Waals surface area contributed by atoms with E-state index in [1.54, 1.807) is 28.8 Å². The minimum absolute atomic E-state index is 0.146. The molecule has 0 spiro atoms. The molecule has 7 heteroatoms. The van der Waals surface area contributed by atoms with Crippen LogP contribution in [0.1, 0.15) is 10.8 Å². The summed E-state index contributed by atoms with van der Waals surface area (Å²) in [6.45, 7) is 0.529. The lowest BCUT2D eigenvalue weighted by molar-refractivity contribution is 0.663. The lowest BCUT2D eigenvalue weighted by Gasteiger charge is -2.12. The molecule has 0 aliphatic carbocycles. The molecule has 16 heavy (non-hydrogen) atoms. The monoisotopic (exact) mass is 236 g/mol. The van der Waals surface area contributed by atoms with Crippen molar-refractivity contribution in [2.24, 2.45) is 12.8 Å². The van der Waals surface area contributed by atoms with Crippen LogP contribution in [0.4, 0.5) is 0 Å². The van der Waals surface area contributed by atoms with Crippen LogP contribution in [-0.2, 0) is 7.05 Å². The quantitative estimate of drug-likeness (QED) is 0.774. The van der Waals surface area contributed by atoms with E-state index >= 15 is 0 Å². The number of nitrogens with two attached hydrogens (primary N) is 1. The zero-order chi connectivity index (χ0) is 11.4. The van der Waals surface area contributed by atoms with Crippen LogP contribution >= 0.6 is 11.8 Å². The van der Waals surface area contributed by atoms with E-state index in [9.17, 15) is 0 Å². The number of aromatic nitrogens is 5. The van der Waals surface area contributed by atoms with E-state index in [4.69, 9.17) is 5.73 Å². The maximum Gasteiger partial charge on any atom is 0.209 e. The minimum atomic E-state index is 0.146. The summed E-state index contributed by atoms with van der Waals surface area (Å²) in [5, 5.41) is 12.2. The van der Waals surface area contributed by atoms with E-state index < -0.39 is 0 Å². The number of aryl methyl sites for hydroxylation is 1. The third kappa shape index (κ3) is 2.37. The molecular formula is C9H12N6S. The molecule has 2 N–H and O–H groups in total. The van der Waals surface area contributed by atoms with Gasteiger partial charge in [0.2, 0.25) is 5.16 Å². The molecule has 0 aliphatic rings. The van der Waals surface area contributed by atoms with Gasteiger partial charge in [-0.15, -0.1) is 5.10 Å². The fourth-order valence-corrected chi connectivity index (χ4v) is 2.20. The standard InChI is InChI=1S/C9H12N6S/c1-15-9(12-13-14-15)16-8(6-10)7-2-4-11-5-3-7/h2-5,8H,6,10H2,1H3. The zero-order valence-corrected chi connectivity index (χ0v) is 9.63. The molecule has 0 fully saturated rings. The van der Waals surface area contributed by atoms with Gasteiger partial charge < -0.3 is 5.73 Å². The van der Waals surface area contributed by atoms with Crippen LogP contribution in [0.15, 0.2) is 29.7 Å². The first-order valence-electron chi connectivity index (χ1n) is 4.80. The highest BCUT2D eigenvalue weighted by Gasteiger charge is 2.14. The summed E-state index contributed by atoms with van der Waals surface area (Å²) in [5.74, 6) is 0. The SMILES string of the molecule is Cn1nnnc1SC(CN)c1ccncc1. The summed E-state index contributed by atoms with van der Waals surface area (Å²) in [5.41, 5.74) is 6.88. The van der Waals surface area contributed by atoms with Crippen LogP contribution in [0.5, 0.6) is 0 Å². The average Bonchev–Trinajstić information content (AvgIpc) is 2.73. The van der Waals surface area contributed by atoms with Crippen LogP contribution in [0.25, 0.3) is 0 Å². The number of tetrazole rings is 1. The number of hydrogen-bond donors (Lipinski definition) is 1. The van der Waals surface area contributed by atoms with Crippen molar-refractivity contribution in [2.75, 3.05) is 6.54 Å². The Hall–Kier alpha value is -1.47. The van der Waals surface area contributed by atoms with Gasteiger partial charge in [0.15, 0.2) is 0 Å². The molecule has 0 saturated heterocycles. The van der Waals surface area contributed by atoms with E-state index in [2.05, 4.69) is 20.5 Å². The maximum atomic E-state index is 5.75. The Bertz CT molecular complexity index is 442. The molecule has 0 radical (unpaired) electrons. The predicted octanol–water partition coefficient (Wildman–Crippen LogP) is 0.397. The van der Waals surface area contributed by atoms with Crippen LogP contribution in [-0.4, -0.2) is 31.7 Å². The molecule has 2 aromatic heterocycles. The van der Waals surface area contributed by atoms with Crippen molar-refractivity contribution in [3.63, 3.8) is 0 Å². The van der Waals surface area contributed by atoms with Gasteiger partial charge in [-0.3, -0.25) is 4.98 Å². The van der Waals surface area contributed by atoms with Crippen molar-refractivity contribution in [1.29, 1.82) is 0 Å². The zero-order valence-electron chi connectivity index (χ0n) is 8.82. The van der Waals surface area contributed by atoms with Crippen molar-refractivity contribution in [3.8, 4) is 0 Å². The van der Waals surface area contributed by atoms with Crippen molar-refractivity contribution in [1.82, 2.24) is 25.2 Å². The molecule has 0 amide bonds. The van der Waals surface area contributed by atoms with E-state index in [0.717, 1.165) is 10.7 Å². The highest BCUT2D eigenvalue weighted by atomic mass is 32.2. The summed E-state index contributed by atoms with van der Waals surface area (Å²) >= 11 is 1.55. The Labute approximate surface area is 97.2 Å². The topological polar surface area (TPSA) is 82.5 Å². The van der Waals surface area contributed by atoms with Gasteiger partial charge >= 0.3 is 0 Å². The van der Waals surface area contributed by atoms with Crippen LogP contribution < -0.4 is 5.73 Å². The molecule has 0 aliphatic heterocycles. The second kappa shape index (κ2) is 5.04. The Morgan fingerprint density at radius 1 is 1.44 bits per heavy atom. The van der Waals surface area contributed by atoms with Crippen molar-refractivity contribution < 1.29 is 0 Å². The summed E-state index contributed by atoms with van der Waals surface area (Å²) < 4.78 is 1.63. The van der Waals surface area contributed by atoms with E-state index in [-0.39, 0.29) is 5.25 Å². The van der Waals surface area contributed by atoms with Gasteiger partial charge in [0.1, 0.15) is 0 Å². The lowest BCUT2D eigenvalue weighted by Crippen LogP contribution is -2.10. The largest absolute Gasteiger partial charge is 0.329 e. The molecule has 2 rings (SSSR count). The Kier molecular flexibility index (Phi) is 3.47.